The molecule has 0 radical (unpaired) electrons. The highest BCUT2D eigenvalue weighted by atomic mass is 32.1. The van der Waals surface area contributed by atoms with Gasteiger partial charge in [-0.3, -0.25) is 10.3 Å². The van der Waals surface area contributed by atoms with Crippen molar-refractivity contribution in [3.8, 4) is 0 Å². The molecule has 164 valence electrons. The highest BCUT2D eigenvalue weighted by molar-refractivity contribution is 7.11. The zero-order chi connectivity index (χ0) is 22.0. The molecular weight excluding hydrogens is 398 g/mol. The second-order valence-corrected chi connectivity index (χ2v) is 9.02. The first-order valence-corrected chi connectivity index (χ1v) is 11.1. The third-order valence-corrected chi connectivity index (χ3v) is 5.31. The van der Waals surface area contributed by atoms with E-state index in [2.05, 4.69) is 32.9 Å². The number of benzene rings is 1. The molecule has 0 atom stereocenters. The molecule has 0 fully saturated rings. The van der Waals surface area contributed by atoms with Crippen molar-refractivity contribution in [2.24, 2.45) is 4.99 Å². The minimum Gasteiger partial charge on any atom is -0.444 e. The molecule has 30 heavy (non-hydrogen) atoms. The van der Waals surface area contributed by atoms with Crippen molar-refractivity contribution in [2.45, 2.75) is 52.6 Å². The van der Waals surface area contributed by atoms with E-state index in [4.69, 9.17) is 4.74 Å². The van der Waals surface area contributed by atoms with Gasteiger partial charge in [-0.15, -0.1) is 11.3 Å². The first-order chi connectivity index (χ1) is 14.3. The monoisotopic (exact) mass is 431 g/mol. The van der Waals surface area contributed by atoms with Crippen LogP contribution in [0.1, 0.15) is 43.1 Å². The molecule has 3 N–H and O–H groups in total. The van der Waals surface area contributed by atoms with Crippen LogP contribution in [0.4, 0.5) is 10.5 Å². The van der Waals surface area contributed by atoms with E-state index >= 15 is 0 Å². The number of ether oxygens (including phenoxy) is 1. The Morgan fingerprint density at radius 2 is 1.80 bits per heavy atom. The zero-order valence-electron chi connectivity index (χ0n) is 18.5. The first kappa shape index (κ1) is 23.7. The number of nitrogens with one attached hydrogen (secondary N) is 3. The maximum absolute atomic E-state index is 11.8. The lowest BCUT2D eigenvalue weighted by Crippen LogP contribution is -2.39. The molecule has 1 heterocycles. The van der Waals surface area contributed by atoms with Gasteiger partial charge < -0.3 is 15.4 Å². The van der Waals surface area contributed by atoms with E-state index in [0.717, 1.165) is 43.3 Å². The van der Waals surface area contributed by atoms with Gasteiger partial charge in [-0.1, -0.05) is 19.1 Å². The Morgan fingerprint density at radius 3 is 2.37 bits per heavy atom. The Morgan fingerprint density at radius 1 is 1.13 bits per heavy atom. The Bertz CT molecular complexity index is 825. The molecule has 0 saturated heterocycles. The topological polar surface area (TPSA) is 87.6 Å². The maximum Gasteiger partial charge on any atom is 0.412 e. The zero-order valence-corrected chi connectivity index (χ0v) is 19.4. The lowest BCUT2D eigenvalue weighted by Gasteiger charge is -2.19. The molecule has 1 amide bonds. The van der Waals surface area contributed by atoms with Crippen molar-refractivity contribution >= 4 is 29.1 Å². The van der Waals surface area contributed by atoms with Crippen LogP contribution in [-0.2, 0) is 24.0 Å². The standard InChI is InChI=1S/C22H33N5O2S/c1-6-18-15-26-19(30-18)12-14-25-20(23-5)24-13-11-16-7-9-17(10-8-16)27-21(28)29-22(2,3)4/h7-10,15H,6,11-14H2,1-5H3,(H,27,28)(H2,23,24,25). The number of hydrogen-bond donors (Lipinski definition) is 3. The van der Waals surface area contributed by atoms with Crippen molar-refractivity contribution in [3.63, 3.8) is 0 Å². The van der Waals surface area contributed by atoms with Crippen molar-refractivity contribution in [1.82, 2.24) is 15.6 Å². The predicted octanol–water partition coefficient (Wildman–Crippen LogP) is 4.00. The van der Waals surface area contributed by atoms with E-state index in [1.165, 1.54) is 10.4 Å². The summed E-state index contributed by atoms with van der Waals surface area (Å²) in [6, 6.07) is 7.76. The van der Waals surface area contributed by atoms with Crippen LogP contribution in [0, 0.1) is 0 Å². The van der Waals surface area contributed by atoms with E-state index in [0.29, 0.717) is 5.69 Å². The third-order valence-electron chi connectivity index (χ3n) is 4.11. The van der Waals surface area contributed by atoms with Gasteiger partial charge >= 0.3 is 6.09 Å². The number of aliphatic imine (C=N–C) groups is 1. The highest BCUT2D eigenvalue weighted by Gasteiger charge is 2.16. The Kier molecular flexibility index (Phi) is 9.11. The normalized spacial score (nSPS) is 11.8. The van der Waals surface area contributed by atoms with Crippen LogP contribution in [0.15, 0.2) is 35.5 Å². The maximum atomic E-state index is 11.8. The summed E-state index contributed by atoms with van der Waals surface area (Å²) in [5.74, 6) is 0.783. The molecule has 0 bridgehead atoms. The molecule has 0 aliphatic heterocycles. The molecule has 0 aliphatic carbocycles. The number of aryl methyl sites for hydroxylation is 1. The molecule has 2 rings (SSSR count). The van der Waals surface area contributed by atoms with E-state index in [1.54, 1.807) is 18.4 Å². The fraction of sp³-hybridized carbons (Fsp3) is 0.500. The number of anilines is 1. The number of carbonyl (C=O) groups is 1. The average molecular weight is 432 g/mol. The van der Waals surface area contributed by atoms with Crippen molar-refractivity contribution < 1.29 is 9.53 Å². The molecule has 0 unspecified atom stereocenters. The molecule has 1 aromatic carbocycles. The number of nitrogens with zero attached hydrogens (tertiary/aromatic N) is 2. The van der Waals surface area contributed by atoms with Crippen LogP contribution in [-0.4, -0.2) is 42.8 Å². The Balaban J connectivity index is 1.69. The summed E-state index contributed by atoms with van der Waals surface area (Å²) in [5, 5.41) is 10.5. The summed E-state index contributed by atoms with van der Waals surface area (Å²) >= 11 is 1.77. The van der Waals surface area contributed by atoms with Crippen molar-refractivity contribution in [2.75, 3.05) is 25.5 Å². The van der Waals surface area contributed by atoms with Crippen molar-refractivity contribution in [1.29, 1.82) is 0 Å². The summed E-state index contributed by atoms with van der Waals surface area (Å²) in [4.78, 5) is 21.8. The quantitative estimate of drug-likeness (QED) is 0.434. The van der Waals surface area contributed by atoms with E-state index < -0.39 is 11.7 Å². The molecule has 1 aromatic heterocycles. The summed E-state index contributed by atoms with van der Waals surface area (Å²) < 4.78 is 5.26. The van der Waals surface area contributed by atoms with Gasteiger partial charge in [0.2, 0.25) is 0 Å². The summed E-state index contributed by atoms with van der Waals surface area (Å²) in [6.45, 7) is 9.22. The van der Waals surface area contributed by atoms with Gasteiger partial charge in [-0.25, -0.2) is 9.78 Å². The molecule has 2 aromatic rings. The largest absolute Gasteiger partial charge is 0.444 e. The van der Waals surface area contributed by atoms with Gasteiger partial charge in [-0.05, 0) is 51.3 Å². The number of thiazole rings is 1. The Labute approximate surface area is 183 Å². The SMILES string of the molecule is CCc1cnc(CCNC(=NC)NCCc2ccc(NC(=O)OC(C)(C)C)cc2)s1. The molecule has 0 saturated carbocycles. The molecule has 8 heteroatoms. The fourth-order valence-electron chi connectivity index (χ4n) is 2.64. The van der Waals surface area contributed by atoms with Crippen LogP contribution >= 0.6 is 11.3 Å². The summed E-state index contributed by atoms with van der Waals surface area (Å²) in [6.07, 6.45) is 4.28. The lowest BCUT2D eigenvalue weighted by atomic mass is 10.1. The van der Waals surface area contributed by atoms with Gasteiger partial charge in [-0.2, -0.15) is 0 Å². The second-order valence-electron chi connectivity index (χ2n) is 7.82. The minimum atomic E-state index is -0.513. The predicted molar refractivity (Wildman–Crippen MR) is 125 cm³/mol. The van der Waals surface area contributed by atoms with Crippen LogP contribution in [0.5, 0.6) is 0 Å². The Hall–Kier alpha value is -2.61. The minimum absolute atomic E-state index is 0.449. The number of guanidine groups is 1. The lowest BCUT2D eigenvalue weighted by molar-refractivity contribution is 0.0636. The van der Waals surface area contributed by atoms with Gasteiger partial charge in [0.05, 0.1) is 5.01 Å². The van der Waals surface area contributed by atoms with E-state index in [9.17, 15) is 4.79 Å². The smallest absolute Gasteiger partial charge is 0.412 e. The number of amides is 1. The van der Waals surface area contributed by atoms with Crippen LogP contribution in [0.3, 0.4) is 0 Å². The van der Waals surface area contributed by atoms with Crippen LogP contribution in [0.2, 0.25) is 0 Å². The third kappa shape index (κ3) is 8.82. The molecule has 7 nitrogen and oxygen atoms in total. The number of carbonyl (C=O) groups excluding carboxylic acids is 1. The van der Waals surface area contributed by atoms with E-state index in [-0.39, 0.29) is 0 Å². The summed E-state index contributed by atoms with van der Waals surface area (Å²) in [7, 11) is 1.77. The van der Waals surface area contributed by atoms with Gasteiger partial charge in [0, 0.05) is 43.3 Å². The average Bonchev–Trinajstić information content (AvgIpc) is 3.14. The highest BCUT2D eigenvalue weighted by Crippen LogP contribution is 2.14. The summed E-state index contributed by atoms with van der Waals surface area (Å²) in [5.41, 5.74) is 1.37. The number of aromatic nitrogens is 1. The van der Waals surface area contributed by atoms with Gasteiger partial charge in [0.15, 0.2) is 5.96 Å². The van der Waals surface area contributed by atoms with Crippen molar-refractivity contribution in [3.05, 3.63) is 45.9 Å². The molecule has 0 aliphatic rings. The van der Waals surface area contributed by atoms with E-state index in [1.807, 2.05) is 51.2 Å². The van der Waals surface area contributed by atoms with Gasteiger partial charge in [0.25, 0.3) is 0 Å². The fourth-order valence-corrected chi connectivity index (χ4v) is 3.50. The van der Waals surface area contributed by atoms with Crippen LogP contribution in [0.25, 0.3) is 0 Å². The number of hydrogen-bond acceptors (Lipinski definition) is 5. The molecular formula is C22H33N5O2S. The second kappa shape index (κ2) is 11.5. The molecule has 0 spiro atoms. The van der Waals surface area contributed by atoms with Crippen LogP contribution < -0.4 is 16.0 Å². The first-order valence-electron chi connectivity index (χ1n) is 10.3. The van der Waals surface area contributed by atoms with Gasteiger partial charge in [0.1, 0.15) is 5.60 Å². The number of rotatable bonds is 8.